The van der Waals surface area contributed by atoms with Gasteiger partial charge in [0.05, 0.1) is 35.0 Å². The third kappa shape index (κ3) is 6.71. The van der Waals surface area contributed by atoms with Crippen LogP contribution in [0.1, 0.15) is 30.7 Å². The van der Waals surface area contributed by atoms with E-state index in [4.69, 9.17) is 26.1 Å². The van der Waals surface area contributed by atoms with Gasteiger partial charge in [0, 0.05) is 43.6 Å². The fourth-order valence-corrected chi connectivity index (χ4v) is 5.22. The minimum Gasteiger partial charge on any atom is -0.462 e. The summed E-state index contributed by atoms with van der Waals surface area (Å²) in [6, 6.07) is 8.64. The predicted octanol–water partition coefficient (Wildman–Crippen LogP) is 5.34. The molecule has 5 rings (SSSR count). The van der Waals surface area contributed by atoms with E-state index in [2.05, 4.69) is 34.0 Å². The second kappa shape index (κ2) is 11.5. The highest BCUT2D eigenvalue weighted by Gasteiger charge is 2.30. The van der Waals surface area contributed by atoms with Gasteiger partial charge >= 0.3 is 12.2 Å². The fraction of sp³-hybridized carbons (Fsp3) is 0.444. The molecule has 2 aliphatic rings. The van der Waals surface area contributed by atoms with Crippen LogP contribution in [0.5, 0.6) is 6.01 Å². The molecule has 1 fully saturated rings. The van der Waals surface area contributed by atoms with E-state index in [-0.39, 0.29) is 18.2 Å². The molecular weight excluding hydrogens is 533 g/mol. The number of aromatic nitrogens is 3. The van der Waals surface area contributed by atoms with Crippen molar-refractivity contribution in [3.8, 4) is 6.01 Å². The number of hydrogen-bond acceptors (Lipinski definition) is 8. The summed E-state index contributed by atoms with van der Waals surface area (Å²) in [4.78, 5) is 18.1. The van der Waals surface area contributed by atoms with Gasteiger partial charge in [-0.3, -0.25) is 4.90 Å². The van der Waals surface area contributed by atoms with E-state index < -0.39 is 11.7 Å². The topological polar surface area (TPSA) is 75.6 Å². The van der Waals surface area contributed by atoms with E-state index in [0.29, 0.717) is 55.0 Å². The maximum absolute atomic E-state index is 13.0. The number of rotatable bonds is 7. The third-order valence-corrected chi connectivity index (χ3v) is 6.99. The molecule has 0 aliphatic carbocycles. The molecule has 2 aromatic heterocycles. The standard InChI is InChI=1S/C27H30ClF3N6O2/c1-17-14-36(15-18(2)39-17)12-13-38-26-34-23-16-37(25-22(28)4-3-10-32-25)11-9-21(23)24(35-26)33-20-7-5-19(6-8-20)27(29,30)31/h3-8,10,17-18H,9,11-16H2,1-2H3,(H,33,34,35). The van der Waals surface area contributed by atoms with Crippen LogP contribution in [0.3, 0.4) is 0 Å². The van der Waals surface area contributed by atoms with E-state index >= 15 is 0 Å². The van der Waals surface area contributed by atoms with Crippen molar-refractivity contribution in [3.63, 3.8) is 0 Å². The second-order valence-corrected chi connectivity index (χ2v) is 10.2. The van der Waals surface area contributed by atoms with Crippen LogP contribution in [0.2, 0.25) is 5.02 Å². The van der Waals surface area contributed by atoms with Crippen molar-refractivity contribution in [1.82, 2.24) is 19.9 Å². The highest BCUT2D eigenvalue weighted by atomic mass is 35.5. The SMILES string of the molecule is CC1CN(CCOc2nc3c(c(Nc4ccc(C(F)(F)F)cc4)n2)CCN(c2ncccc2Cl)C3)CC(C)O1. The summed E-state index contributed by atoms with van der Waals surface area (Å²) in [5.41, 5.74) is 1.40. The van der Waals surface area contributed by atoms with Crippen molar-refractivity contribution in [2.24, 2.45) is 0 Å². The van der Waals surface area contributed by atoms with E-state index in [1.165, 1.54) is 12.1 Å². The molecule has 2 unspecified atom stereocenters. The number of ether oxygens (including phenoxy) is 2. The Morgan fingerprint density at radius 3 is 2.54 bits per heavy atom. The van der Waals surface area contributed by atoms with Crippen LogP contribution in [0.4, 0.5) is 30.5 Å². The number of nitrogens with one attached hydrogen (secondary N) is 1. The van der Waals surface area contributed by atoms with E-state index in [0.717, 1.165) is 36.5 Å². The largest absolute Gasteiger partial charge is 0.462 e. The number of benzene rings is 1. The van der Waals surface area contributed by atoms with Crippen LogP contribution < -0.4 is 15.0 Å². The predicted molar refractivity (Wildman–Crippen MR) is 143 cm³/mol. The first-order valence-corrected chi connectivity index (χ1v) is 13.2. The normalized spacial score (nSPS) is 20.0. The van der Waals surface area contributed by atoms with Gasteiger partial charge in [0.25, 0.3) is 0 Å². The number of hydrogen-bond donors (Lipinski definition) is 1. The average Bonchev–Trinajstić information content (AvgIpc) is 2.88. The molecule has 208 valence electrons. The minimum atomic E-state index is -4.40. The van der Waals surface area contributed by atoms with Crippen LogP contribution in [0.15, 0.2) is 42.6 Å². The number of alkyl halides is 3. The zero-order valence-corrected chi connectivity index (χ0v) is 22.5. The Labute approximate surface area is 230 Å². The molecule has 0 radical (unpaired) electrons. The number of nitrogens with zero attached hydrogens (tertiary/aromatic N) is 5. The quantitative estimate of drug-likeness (QED) is 0.414. The summed E-state index contributed by atoms with van der Waals surface area (Å²) >= 11 is 6.39. The Balaban J connectivity index is 1.37. The molecule has 1 N–H and O–H groups in total. The van der Waals surface area contributed by atoms with Crippen molar-refractivity contribution in [1.29, 1.82) is 0 Å². The molecule has 0 spiro atoms. The Morgan fingerprint density at radius 2 is 1.85 bits per heavy atom. The Kier molecular flexibility index (Phi) is 8.11. The maximum Gasteiger partial charge on any atom is 0.416 e. The van der Waals surface area contributed by atoms with Gasteiger partial charge in [-0.15, -0.1) is 0 Å². The van der Waals surface area contributed by atoms with Gasteiger partial charge < -0.3 is 19.7 Å². The smallest absolute Gasteiger partial charge is 0.416 e. The number of anilines is 3. The van der Waals surface area contributed by atoms with Crippen LogP contribution in [0.25, 0.3) is 0 Å². The lowest BCUT2D eigenvalue weighted by Crippen LogP contribution is -2.46. The highest BCUT2D eigenvalue weighted by Crippen LogP contribution is 2.34. The lowest BCUT2D eigenvalue weighted by molar-refractivity contribution is -0.137. The first-order valence-electron chi connectivity index (χ1n) is 12.9. The first kappa shape index (κ1) is 27.4. The summed E-state index contributed by atoms with van der Waals surface area (Å²) < 4.78 is 50.9. The molecule has 2 aliphatic heterocycles. The van der Waals surface area contributed by atoms with Crippen LogP contribution in [0, 0.1) is 0 Å². The van der Waals surface area contributed by atoms with Gasteiger partial charge in [-0.25, -0.2) is 4.98 Å². The van der Waals surface area contributed by atoms with Gasteiger partial charge in [0.2, 0.25) is 0 Å². The lowest BCUT2D eigenvalue weighted by Gasteiger charge is -2.35. The third-order valence-electron chi connectivity index (χ3n) is 6.69. The number of fused-ring (bicyclic) bond motifs is 1. The summed E-state index contributed by atoms with van der Waals surface area (Å²) in [5, 5.41) is 3.73. The Bertz CT molecular complexity index is 1280. The number of halogens is 4. The minimum absolute atomic E-state index is 0.151. The van der Waals surface area contributed by atoms with Crippen LogP contribution >= 0.6 is 11.6 Å². The Morgan fingerprint density at radius 1 is 1.10 bits per heavy atom. The van der Waals surface area contributed by atoms with Gasteiger partial charge in [-0.2, -0.15) is 23.1 Å². The molecule has 12 heteroatoms. The first-order chi connectivity index (χ1) is 18.7. The molecule has 0 amide bonds. The Hall–Kier alpha value is -3.15. The lowest BCUT2D eigenvalue weighted by atomic mass is 10.1. The summed E-state index contributed by atoms with van der Waals surface area (Å²) in [5.74, 6) is 1.17. The highest BCUT2D eigenvalue weighted by molar-refractivity contribution is 6.32. The molecule has 3 aromatic rings. The van der Waals surface area contributed by atoms with Gasteiger partial charge in [0.1, 0.15) is 18.2 Å². The van der Waals surface area contributed by atoms with Gasteiger partial charge in [0.15, 0.2) is 0 Å². The fourth-order valence-electron chi connectivity index (χ4n) is 4.98. The monoisotopic (exact) mass is 562 g/mol. The number of pyridine rings is 1. The van der Waals surface area contributed by atoms with Crippen molar-refractivity contribution < 1.29 is 22.6 Å². The molecule has 0 saturated carbocycles. The molecule has 39 heavy (non-hydrogen) atoms. The zero-order chi connectivity index (χ0) is 27.6. The number of morpholine rings is 1. The summed E-state index contributed by atoms with van der Waals surface area (Å²) in [6.07, 6.45) is -1.82. The maximum atomic E-state index is 13.0. The average molecular weight is 563 g/mol. The van der Waals surface area contributed by atoms with Gasteiger partial charge in [-0.05, 0) is 56.7 Å². The molecule has 2 atom stereocenters. The van der Waals surface area contributed by atoms with E-state index in [1.807, 2.05) is 4.90 Å². The van der Waals surface area contributed by atoms with Crippen molar-refractivity contribution >= 4 is 28.9 Å². The van der Waals surface area contributed by atoms with Crippen molar-refractivity contribution in [2.45, 2.75) is 45.2 Å². The molecule has 0 bridgehead atoms. The van der Waals surface area contributed by atoms with Crippen LogP contribution in [-0.2, 0) is 23.9 Å². The van der Waals surface area contributed by atoms with Crippen LogP contribution in [-0.4, -0.2) is 64.8 Å². The van der Waals surface area contributed by atoms with E-state index in [9.17, 15) is 13.2 Å². The van der Waals surface area contributed by atoms with Crippen molar-refractivity contribution in [2.75, 3.05) is 43.0 Å². The molecule has 1 saturated heterocycles. The van der Waals surface area contributed by atoms with Crippen molar-refractivity contribution in [3.05, 3.63) is 64.4 Å². The second-order valence-electron chi connectivity index (χ2n) is 9.83. The summed E-state index contributed by atoms with van der Waals surface area (Å²) in [6.45, 7) is 7.87. The molecule has 8 nitrogen and oxygen atoms in total. The molecule has 1 aromatic carbocycles. The molecular formula is C27H30ClF3N6O2. The summed E-state index contributed by atoms with van der Waals surface area (Å²) in [7, 11) is 0. The zero-order valence-electron chi connectivity index (χ0n) is 21.7. The molecule has 4 heterocycles. The van der Waals surface area contributed by atoms with Gasteiger partial charge in [-0.1, -0.05) is 11.6 Å². The van der Waals surface area contributed by atoms with E-state index in [1.54, 1.807) is 18.3 Å².